The second-order valence-electron chi connectivity index (χ2n) is 6.53. The summed E-state index contributed by atoms with van der Waals surface area (Å²) in [5.74, 6) is 0. The standard InChI is InChI=1S/C18H20BrN/c19-16-8-9-17(15-7-3-2-6-14(15)16)20-12-18(13-20)10-4-1-5-11-18/h2-3,6-9H,1,4-5,10-13H2. The van der Waals surface area contributed by atoms with E-state index in [1.165, 1.54) is 66.1 Å². The van der Waals surface area contributed by atoms with Crippen molar-refractivity contribution >= 4 is 32.4 Å². The summed E-state index contributed by atoms with van der Waals surface area (Å²) in [6, 6.07) is 13.2. The van der Waals surface area contributed by atoms with Crippen LogP contribution in [0.5, 0.6) is 0 Å². The Hall–Kier alpha value is -1.02. The summed E-state index contributed by atoms with van der Waals surface area (Å²) in [5, 5.41) is 2.71. The van der Waals surface area contributed by atoms with Gasteiger partial charge in [0.15, 0.2) is 0 Å². The van der Waals surface area contributed by atoms with Crippen molar-refractivity contribution in [2.45, 2.75) is 32.1 Å². The van der Waals surface area contributed by atoms with Gasteiger partial charge in [-0.3, -0.25) is 0 Å². The average molecular weight is 330 g/mol. The predicted octanol–water partition coefficient (Wildman–Crippen LogP) is 5.37. The molecule has 0 atom stereocenters. The topological polar surface area (TPSA) is 3.24 Å². The van der Waals surface area contributed by atoms with E-state index in [-0.39, 0.29) is 0 Å². The van der Waals surface area contributed by atoms with Crippen LogP contribution in [0, 0.1) is 5.41 Å². The second kappa shape index (κ2) is 4.77. The Balaban J connectivity index is 1.66. The lowest BCUT2D eigenvalue weighted by atomic mass is 9.68. The van der Waals surface area contributed by atoms with Gasteiger partial charge < -0.3 is 4.90 Å². The molecular formula is C18H20BrN. The minimum atomic E-state index is 0.645. The van der Waals surface area contributed by atoms with Gasteiger partial charge in [-0.1, -0.05) is 59.5 Å². The summed E-state index contributed by atoms with van der Waals surface area (Å²) in [6.07, 6.45) is 7.21. The second-order valence-corrected chi connectivity index (χ2v) is 7.38. The Bertz CT molecular complexity index is 635. The van der Waals surface area contributed by atoms with Crippen molar-refractivity contribution < 1.29 is 0 Å². The van der Waals surface area contributed by atoms with Crippen molar-refractivity contribution in [2.24, 2.45) is 5.41 Å². The highest BCUT2D eigenvalue weighted by Crippen LogP contribution is 2.47. The molecule has 104 valence electrons. The molecule has 4 rings (SSSR count). The Morgan fingerprint density at radius 1 is 0.850 bits per heavy atom. The minimum absolute atomic E-state index is 0.645. The van der Waals surface area contributed by atoms with Gasteiger partial charge in [0, 0.05) is 34.1 Å². The molecule has 1 aliphatic heterocycles. The molecule has 0 N–H and O–H groups in total. The molecule has 2 aliphatic rings. The molecule has 2 aromatic carbocycles. The maximum Gasteiger partial charge on any atom is 0.0447 e. The molecule has 0 radical (unpaired) electrons. The van der Waals surface area contributed by atoms with Gasteiger partial charge in [-0.25, -0.2) is 0 Å². The largest absolute Gasteiger partial charge is 0.370 e. The van der Waals surface area contributed by atoms with E-state index >= 15 is 0 Å². The van der Waals surface area contributed by atoms with Crippen LogP contribution in [0.15, 0.2) is 40.9 Å². The predicted molar refractivity (Wildman–Crippen MR) is 89.4 cm³/mol. The van der Waals surface area contributed by atoms with Gasteiger partial charge in [-0.05, 0) is 30.4 Å². The van der Waals surface area contributed by atoms with Crippen LogP contribution in [0.3, 0.4) is 0 Å². The van der Waals surface area contributed by atoms with E-state index in [1.54, 1.807) is 0 Å². The fourth-order valence-electron chi connectivity index (χ4n) is 4.07. The highest BCUT2D eigenvalue weighted by atomic mass is 79.9. The molecular weight excluding hydrogens is 310 g/mol. The lowest BCUT2D eigenvalue weighted by molar-refractivity contribution is 0.140. The van der Waals surface area contributed by atoms with Crippen molar-refractivity contribution in [3.63, 3.8) is 0 Å². The summed E-state index contributed by atoms with van der Waals surface area (Å²) in [4.78, 5) is 2.58. The molecule has 1 saturated carbocycles. The van der Waals surface area contributed by atoms with Crippen LogP contribution in [-0.2, 0) is 0 Å². The van der Waals surface area contributed by atoms with E-state index in [4.69, 9.17) is 0 Å². The van der Waals surface area contributed by atoms with Crippen molar-refractivity contribution in [2.75, 3.05) is 18.0 Å². The summed E-state index contributed by atoms with van der Waals surface area (Å²) >= 11 is 3.67. The lowest BCUT2D eigenvalue weighted by Crippen LogP contribution is -2.57. The van der Waals surface area contributed by atoms with Crippen molar-refractivity contribution in [1.82, 2.24) is 0 Å². The van der Waals surface area contributed by atoms with Crippen LogP contribution in [0.25, 0.3) is 10.8 Å². The van der Waals surface area contributed by atoms with E-state index in [9.17, 15) is 0 Å². The van der Waals surface area contributed by atoms with Crippen molar-refractivity contribution in [3.05, 3.63) is 40.9 Å². The van der Waals surface area contributed by atoms with Gasteiger partial charge in [-0.15, -0.1) is 0 Å². The quantitative estimate of drug-likeness (QED) is 0.679. The Labute approximate surface area is 129 Å². The Morgan fingerprint density at radius 2 is 1.55 bits per heavy atom. The maximum atomic E-state index is 3.67. The van der Waals surface area contributed by atoms with Gasteiger partial charge in [0.2, 0.25) is 0 Å². The first-order valence-electron chi connectivity index (χ1n) is 7.70. The molecule has 1 aliphatic carbocycles. The molecule has 1 spiro atoms. The third kappa shape index (κ3) is 1.96. The zero-order valence-electron chi connectivity index (χ0n) is 11.7. The average Bonchev–Trinajstić information content (AvgIpc) is 2.47. The fraction of sp³-hybridized carbons (Fsp3) is 0.444. The van der Waals surface area contributed by atoms with Crippen LogP contribution in [0.1, 0.15) is 32.1 Å². The smallest absolute Gasteiger partial charge is 0.0447 e. The number of halogens is 1. The molecule has 1 heterocycles. The zero-order chi connectivity index (χ0) is 13.6. The van der Waals surface area contributed by atoms with Gasteiger partial charge in [-0.2, -0.15) is 0 Å². The molecule has 2 heteroatoms. The molecule has 1 nitrogen and oxygen atoms in total. The van der Waals surface area contributed by atoms with Crippen LogP contribution in [0.4, 0.5) is 5.69 Å². The molecule has 0 unspecified atom stereocenters. The van der Waals surface area contributed by atoms with Crippen LogP contribution in [-0.4, -0.2) is 13.1 Å². The molecule has 0 amide bonds. The van der Waals surface area contributed by atoms with E-state index in [1.807, 2.05) is 0 Å². The fourth-order valence-corrected chi connectivity index (χ4v) is 4.55. The van der Waals surface area contributed by atoms with Crippen LogP contribution >= 0.6 is 15.9 Å². The van der Waals surface area contributed by atoms with E-state index < -0.39 is 0 Å². The normalized spacial score (nSPS) is 21.1. The molecule has 20 heavy (non-hydrogen) atoms. The Morgan fingerprint density at radius 3 is 2.30 bits per heavy atom. The highest BCUT2D eigenvalue weighted by Gasteiger charge is 2.43. The van der Waals surface area contributed by atoms with Gasteiger partial charge in [0.25, 0.3) is 0 Å². The monoisotopic (exact) mass is 329 g/mol. The summed E-state index contributed by atoms with van der Waals surface area (Å²) < 4.78 is 1.20. The number of anilines is 1. The van der Waals surface area contributed by atoms with Crippen molar-refractivity contribution in [1.29, 1.82) is 0 Å². The first kappa shape index (κ1) is 12.7. The van der Waals surface area contributed by atoms with E-state index in [2.05, 4.69) is 57.2 Å². The molecule has 0 aromatic heterocycles. The highest BCUT2D eigenvalue weighted by molar-refractivity contribution is 9.10. The molecule has 1 saturated heterocycles. The lowest BCUT2D eigenvalue weighted by Gasteiger charge is -2.54. The first-order valence-corrected chi connectivity index (χ1v) is 8.49. The molecule has 2 aromatic rings. The number of nitrogens with zero attached hydrogens (tertiary/aromatic N) is 1. The van der Waals surface area contributed by atoms with Gasteiger partial charge in [0.1, 0.15) is 0 Å². The molecule has 0 bridgehead atoms. The maximum absolute atomic E-state index is 3.67. The minimum Gasteiger partial charge on any atom is -0.370 e. The SMILES string of the molecule is Brc1ccc(N2CC3(CCCCC3)C2)c2ccccc12. The molecule has 2 fully saturated rings. The number of hydrogen-bond acceptors (Lipinski definition) is 1. The van der Waals surface area contributed by atoms with Crippen LogP contribution in [0.2, 0.25) is 0 Å². The summed E-state index contributed by atoms with van der Waals surface area (Å²) in [7, 11) is 0. The van der Waals surface area contributed by atoms with E-state index in [0.717, 1.165) is 0 Å². The third-order valence-electron chi connectivity index (χ3n) is 5.16. The zero-order valence-corrected chi connectivity index (χ0v) is 13.3. The summed E-state index contributed by atoms with van der Waals surface area (Å²) in [5.41, 5.74) is 2.06. The Kier molecular flexibility index (Phi) is 3.03. The third-order valence-corrected chi connectivity index (χ3v) is 5.85. The number of rotatable bonds is 1. The number of fused-ring (bicyclic) bond motifs is 1. The summed E-state index contributed by atoms with van der Waals surface area (Å²) in [6.45, 7) is 2.53. The van der Waals surface area contributed by atoms with Crippen molar-refractivity contribution in [3.8, 4) is 0 Å². The van der Waals surface area contributed by atoms with Gasteiger partial charge in [0.05, 0.1) is 0 Å². The van der Waals surface area contributed by atoms with E-state index in [0.29, 0.717) is 5.41 Å². The first-order chi connectivity index (χ1) is 9.77. The number of hydrogen-bond donors (Lipinski definition) is 0. The van der Waals surface area contributed by atoms with Gasteiger partial charge >= 0.3 is 0 Å². The van der Waals surface area contributed by atoms with Crippen LogP contribution < -0.4 is 4.90 Å². The number of benzene rings is 2.